The minimum atomic E-state index is -3.55. The molecule has 0 amide bonds. The van der Waals surface area contributed by atoms with Gasteiger partial charge in [0.1, 0.15) is 5.75 Å². The van der Waals surface area contributed by atoms with Crippen LogP contribution in [-0.4, -0.2) is 6.11 Å². The summed E-state index contributed by atoms with van der Waals surface area (Å²) in [6.07, 6.45) is 8.29. The molecule has 0 saturated heterocycles. The summed E-state index contributed by atoms with van der Waals surface area (Å²) in [6, 6.07) is 10.3. The molecule has 0 bridgehead atoms. The first kappa shape index (κ1) is 27.5. The number of ether oxygens (including phenoxy) is 1. The van der Waals surface area contributed by atoms with Crippen LogP contribution >= 0.6 is 0 Å². The fraction of sp³-hybridized carbons (Fsp3) is 0.625. The third-order valence-corrected chi connectivity index (χ3v) is 9.79. The molecule has 208 valence electrons. The summed E-state index contributed by atoms with van der Waals surface area (Å²) in [7, 11) is 0. The van der Waals surface area contributed by atoms with Crippen molar-refractivity contribution in [3.05, 3.63) is 65.0 Å². The van der Waals surface area contributed by atoms with Crippen LogP contribution in [0.2, 0.25) is 0 Å². The van der Waals surface area contributed by atoms with E-state index in [-0.39, 0.29) is 0 Å². The molecule has 6 heteroatoms. The minimum absolute atomic E-state index is 0.311. The fourth-order valence-corrected chi connectivity index (χ4v) is 7.32. The zero-order chi connectivity index (χ0) is 26.9. The Morgan fingerprint density at radius 3 is 1.53 bits per heavy atom. The molecule has 0 radical (unpaired) electrons. The van der Waals surface area contributed by atoms with E-state index in [0.717, 1.165) is 31.6 Å². The van der Waals surface area contributed by atoms with Crippen molar-refractivity contribution in [3.63, 3.8) is 0 Å². The molecule has 0 aliphatic heterocycles. The summed E-state index contributed by atoms with van der Waals surface area (Å²) in [4.78, 5) is 0. The molecule has 3 aliphatic rings. The maximum Gasteiger partial charge on any atom is 0.400 e. The van der Waals surface area contributed by atoms with Gasteiger partial charge in [-0.2, -0.15) is 8.78 Å². The van der Waals surface area contributed by atoms with E-state index < -0.39 is 35.2 Å². The molecular weight excluding hydrogens is 495 g/mol. The maximum absolute atomic E-state index is 14.8. The molecule has 0 N–H and O–H groups in total. The molecule has 2 aromatic carbocycles. The van der Waals surface area contributed by atoms with Gasteiger partial charge in [-0.25, -0.2) is 13.2 Å². The Morgan fingerprint density at radius 1 is 0.632 bits per heavy atom. The van der Waals surface area contributed by atoms with Gasteiger partial charge in [-0.1, -0.05) is 44.0 Å². The molecule has 0 heterocycles. The van der Waals surface area contributed by atoms with Gasteiger partial charge in [-0.15, -0.1) is 0 Å². The van der Waals surface area contributed by atoms with Crippen molar-refractivity contribution in [2.75, 3.05) is 0 Å². The first-order valence-electron chi connectivity index (χ1n) is 14.5. The van der Waals surface area contributed by atoms with Gasteiger partial charge in [-0.3, -0.25) is 0 Å². The highest BCUT2D eigenvalue weighted by molar-refractivity contribution is 5.28. The molecule has 0 spiro atoms. The van der Waals surface area contributed by atoms with E-state index in [9.17, 15) is 22.0 Å². The normalized spacial score (nSPS) is 30.7. The molecule has 3 fully saturated rings. The number of hydrogen-bond acceptors (Lipinski definition) is 1. The van der Waals surface area contributed by atoms with Crippen LogP contribution in [0, 0.1) is 41.1 Å². The predicted molar refractivity (Wildman–Crippen MR) is 139 cm³/mol. The highest BCUT2D eigenvalue weighted by atomic mass is 19.3. The Labute approximate surface area is 223 Å². The zero-order valence-electron chi connectivity index (χ0n) is 22.2. The second-order valence-corrected chi connectivity index (χ2v) is 12.2. The van der Waals surface area contributed by atoms with Crippen LogP contribution in [0.15, 0.2) is 36.4 Å². The van der Waals surface area contributed by atoms with Crippen LogP contribution in [0.3, 0.4) is 0 Å². The van der Waals surface area contributed by atoms with Crippen LogP contribution in [-0.2, 0) is 0 Å². The van der Waals surface area contributed by atoms with E-state index in [1.165, 1.54) is 36.8 Å². The van der Waals surface area contributed by atoms with Crippen molar-refractivity contribution < 1.29 is 26.7 Å². The molecule has 5 rings (SSSR count). The Hall–Kier alpha value is -2.11. The quantitative estimate of drug-likeness (QED) is 0.265. The fourth-order valence-electron chi connectivity index (χ4n) is 7.32. The third kappa shape index (κ3) is 6.20. The predicted octanol–water partition coefficient (Wildman–Crippen LogP) is 10.1. The topological polar surface area (TPSA) is 9.23 Å². The average Bonchev–Trinajstić information content (AvgIpc) is 2.92. The van der Waals surface area contributed by atoms with Crippen molar-refractivity contribution >= 4 is 0 Å². The number of hydrogen-bond donors (Lipinski definition) is 0. The first-order chi connectivity index (χ1) is 18.2. The van der Waals surface area contributed by atoms with Crippen LogP contribution in [0.25, 0.3) is 0 Å². The van der Waals surface area contributed by atoms with Crippen molar-refractivity contribution in [2.45, 2.75) is 102 Å². The van der Waals surface area contributed by atoms with Crippen molar-refractivity contribution in [3.8, 4) is 5.75 Å². The van der Waals surface area contributed by atoms with Crippen LogP contribution in [0.4, 0.5) is 22.0 Å². The first-order valence-corrected chi connectivity index (χ1v) is 14.5. The van der Waals surface area contributed by atoms with E-state index >= 15 is 0 Å². The summed E-state index contributed by atoms with van der Waals surface area (Å²) < 4.78 is 74.2. The van der Waals surface area contributed by atoms with Crippen LogP contribution < -0.4 is 4.74 Å². The van der Waals surface area contributed by atoms with Gasteiger partial charge in [-0.05, 0) is 105 Å². The molecule has 3 aliphatic carbocycles. The highest BCUT2D eigenvalue weighted by Gasteiger charge is 2.45. The Kier molecular flexibility index (Phi) is 8.35. The van der Waals surface area contributed by atoms with E-state index in [1.807, 2.05) is 0 Å². The third-order valence-electron chi connectivity index (χ3n) is 9.79. The number of halogens is 5. The maximum atomic E-state index is 14.8. The van der Waals surface area contributed by atoms with Gasteiger partial charge in [0.05, 0.1) is 5.92 Å². The van der Waals surface area contributed by atoms with Crippen LogP contribution in [0.1, 0.15) is 107 Å². The molecule has 1 nitrogen and oxygen atoms in total. The van der Waals surface area contributed by atoms with Gasteiger partial charge < -0.3 is 4.74 Å². The van der Waals surface area contributed by atoms with Gasteiger partial charge in [0.25, 0.3) is 0 Å². The average molecular weight is 535 g/mol. The van der Waals surface area contributed by atoms with Crippen molar-refractivity contribution in [1.82, 2.24) is 0 Å². The van der Waals surface area contributed by atoms with Gasteiger partial charge >= 0.3 is 6.11 Å². The standard InChI is InChI=1S/C32H39F5O/c1-20-2-4-21(5-3-20)22-6-8-23(9-7-22)24-10-12-25(13-11-24)26-14-16-27(17-15-26)32(36,37)38-28-18-29(33)31(35)30(34)19-28/h6-9,18-21,24-27H,2-5,10-17H2,1H3. The molecule has 0 atom stereocenters. The second kappa shape index (κ2) is 11.6. The zero-order valence-corrected chi connectivity index (χ0v) is 22.2. The van der Waals surface area contributed by atoms with Crippen LogP contribution in [0.5, 0.6) is 5.75 Å². The lowest BCUT2D eigenvalue weighted by Crippen LogP contribution is -2.38. The summed E-state index contributed by atoms with van der Waals surface area (Å²) >= 11 is 0. The monoisotopic (exact) mass is 534 g/mol. The summed E-state index contributed by atoms with van der Waals surface area (Å²) in [6.45, 7) is 2.35. The molecule has 0 aromatic heterocycles. The molecular formula is C32H39F5O. The Bertz CT molecular complexity index is 1040. The molecule has 2 aromatic rings. The minimum Gasteiger partial charge on any atom is -0.432 e. The summed E-state index contributed by atoms with van der Waals surface area (Å²) in [5.41, 5.74) is 2.92. The number of alkyl halides is 2. The summed E-state index contributed by atoms with van der Waals surface area (Å²) in [5.74, 6) is -3.33. The highest BCUT2D eigenvalue weighted by Crippen LogP contribution is 2.47. The van der Waals surface area contributed by atoms with Gasteiger partial charge in [0.2, 0.25) is 0 Å². The molecule has 0 unspecified atom stereocenters. The van der Waals surface area contributed by atoms with Crippen molar-refractivity contribution in [2.24, 2.45) is 23.7 Å². The molecule has 3 saturated carbocycles. The van der Waals surface area contributed by atoms with E-state index in [0.29, 0.717) is 61.5 Å². The van der Waals surface area contributed by atoms with E-state index in [2.05, 4.69) is 35.9 Å². The lowest BCUT2D eigenvalue weighted by atomic mass is 9.68. The number of rotatable bonds is 6. The van der Waals surface area contributed by atoms with Crippen molar-refractivity contribution in [1.29, 1.82) is 0 Å². The van der Waals surface area contributed by atoms with Gasteiger partial charge in [0, 0.05) is 12.1 Å². The van der Waals surface area contributed by atoms with Gasteiger partial charge in [0.15, 0.2) is 17.5 Å². The largest absolute Gasteiger partial charge is 0.432 e. The second-order valence-electron chi connectivity index (χ2n) is 12.2. The lowest BCUT2D eigenvalue weighted by molar-refractivity contribution is -0.224. The van der Waals surface area contributed by atoms with E-state index in [4.69, 9.17) is 0 Å². The Morgan fingerprint density at radius 2 is 1.05 bits per heavy atom. The lowest BCUT2D eigenvalue weighted by Gasteiger charge is -2.39. The number of benzene rings is 2. The van der Waals surface area contributed by atoms with E-state index in [1.54, 1.807) is 0 Å². The summed E-state index contributed by atoms with van der Waals surface area (Å²) in [5, 5.41) is 0. The SMILES string of the molecule is CC1CCC(c2ccc(C3CCC(C4CCC(C(F)(F)Oc5cc(F)c(F)c(F)c5)CC4)CC3)cc2)CC1. The Balaban J connectivity index is 1.09. The molecule has 38 heavy (non-hydrogen) atoms. The smallest absolute Gasteiger partial charge is 0.400 e.